The molecule has 4 heteroatoms. The highest BCUT2D eigenvalue weighted by Crippen LogP contribution is 1.99. The van der Waals surface area contributed by atoms with E-state index in [-0.39, 0.29) is 6.04 Å². The van der Waals surface area contributed by atoms with Crippen LogP contribution < -0.4 is 5.32 Å². The van der Waals surface area contributed by atoms with Crippen molar-refractivity contribution in [2.24, 2.45) is 0 Å². The Bertz CT molecular complexity index is 129. The Hall–Kier alpha value is -0.610. The van der Waals surface area contributed by atoms with Crippen molar-refractivity contribution in [3.8, 4) is 0 Å². The number of rotatable bonds is 1. The van der Waals surface area contributed by atoms with Crippen LogP contribution in [-0.4, -0.2) is 36.4 Å². The highest BCUT2D eigenvalue weighted by atomic mass is 16.5. The lowest BCUT2D eigenvalue weighted by Crippen LogP contribution is -2.47. The van der Waals surface area contributed by atoms with Crippen molar-refractivity contribution in [3.63, 3.8) is 0 Å². The van der Waals surface area contributed by atoms with Crippen LogP contribution in [0.5, 0.6) is 0 Å². The predicted molar refractivity (Wildman–Crippen MR) is 34.8 cm³/mol. The van der Waals surface area contributed by atoms with Crippen molar-refractivity contribution in [2.45, 2.75) is 19.1 Å². The van der Waals surface area contributed by atoms with Gasteiger partial charge in [0.25, 0.3) is 0 Å². The first-order chi connectivity index (χ1) is 4.70. The summed E-state index contributed by atoms with van der Waals surface area (Å²) >= 11 is 0. The molecule has 0 aromatic rings. The van der Waals surface area contributed by atoms with Crippen LogP contribution in [0.1, 0.15) is 6.92 Å². The van der Waals surface area contributed by atoms with Crippen LogP contribution in [0.3, 0.4) is 0 Å². The van der Waals surface area contributed by atoms with Gasteiger partial charge in [-0.05, 0) is 6.92 Å². The average Bonchev–Trinajstić information content (AvgIpc) is 1.88. The molecule has 2 atom stereocenters. The number of aliphatic carboxylic acids is 1. The van der Waals surface area contributed by atoms with Crippen LogP contribution in [0.15, 0.2) is 0 Å². The second-order valence-electron chi connectivity index (χ2n) is 2.47. The molecule has 58 valence electrons. The van der Waals surface area contributed by atoms with Gasteiger partial charge in [-0.25, -0.2) is 4.79 Å². The van der Waals surface area contributed by atoms with Gasteiger partial charge in [0, 0.05) is 12.6 Å². The first-order valence-corrected chi connectivity index (χ1v) is 3.28. The molecule has 0 aromatic carbocycles. The molecule has 4 nitrogen and oxygen atoms in total. The third-order valence-electron chi connectivity index (χ3n) is 1.47. The van der Waals surface area contributed by atoms with Crippen molar-refractivity contribution < 1.29 is 14.6 Å². The first-order valence-electron chi connectivity index (χ1n) is 3.28. The normalized spacial score (nSPS) is 33.7. The van der Waals surface area contributed by atoms with Gasteiger partial charge in [0.15, 0.2) is 6.10 Å². The molecule has 2 N–H and O–H groups in total. The Balaban J connectivity index is 2.33. The molecule has 0 aromatic heterocycles. The van der Waals surface area contributed by atoms with Crippen LogP contribution in [0.4, 0.5) is 0 Å². The molecule has 1 rings (SSSR count). The third-order valence-corrected chi connectivity index (χ3v) is 1.47. The molecule has 0 bridgehead atoms. The summed E-state index contributed by atoms with van der Waals surface area (Å²) in [7, 11) is 0. The van der Waals surface area contributed by atoms with Gasteiger partial charge < -0.3 is 15.2 Å². The Morgan fingerprint density at radius 1 is 1.80 bits per heavy atom. The third kappa shape index (κ3) is 1.68. The van der Waals surface area contributed by atoms with E-state index in [1.165, 1.54) is 0 Å². The van der Waals surface area contributed by atoms with Gasteiger partial charge in [0.1, 0.15) is 0 Å². The highest BCUT2D eigenvalue weighted by molar-refractivity contribution is 5.72. The van der Waals surface area contributed by atoms with E-state index in [0.29, 0.717) is 13.2 Å². The van der Waals surface area contributed by atoms with Gasteiger partial charge in [-0.1, -0.05) is 0 Å². The van der Waals surface area contributed by atoms with Crippen molar-refractivity contribution in [1.82, 2.24) is 5.32 Å². The predicted octanol–water partition coefficient (Wildman–Crippen LogP) is -0.552. The SMILES string of the molecule is CC1CO[C@H](C(=O)O)CN1. The van der Waals surface area contributed by atoms with Crippen LogP contribution >= 0.6 is 0 Å². The molecule has 1 fully saturated rings. The number of nitrogens with one attached hydrogen (secondary N) is 1. The monoisotopic (exact) mass is 145 g/mol. The quantitative estimate of drug-likeness (QED) is 0.519. The standard InChI is InChI=1S/C6H11NO3/c1-4-3-10-5(2-7-4)6(8)9/h4-5,7H,2-3H2,1H3,(H,8,9)/t4?,5-/m0/s1. The van der Waals surface area contributed by atoms with Crippen LogP contribution in [0.2, 0.25) is 0 Å². The first kappa shape index (κ1) is 7.50. The zero-order valence-corrected chi connectivity index (χ0v) is 5.83. The molecule has 0 aliphatic carbocycles. The number of carbonyl (C=O) groups is 1. The fourth-order valence-electron chi connectivity index (χ4n) is 0.845. The molecule has 0 radical (unpaired) electrons. The number of carboxylic acid groups (broad SMARTS) is 1. The van der Waals surface area contributed by atoms with Gasteiger partial charge in [0.05, 0.1) is 6.61 Å². The van der Waals surface area contributed by atoms with E-state index >= 15 is 0 Å². The van der Waals surface area contributed by atoms with Gasteiger partial charge in [-0.2, -0.15) is 0 Å². The van der Waals surface area contributed by atoms with E-state index in [2.05, 4.69) is 5.32 Å². The van der Waals surface area contributed by atoms with Gasteiger partial charge in [-0.3, -0.25) is 0 Å². The summed E-state index contributed by atoms with van der Waals surface area (Å²) in [5, 5.41) is 11.5. The van der Waals surface area contributed by atoms with Gasteiger partial charge in [-0.15, -0.1) is 0 Å². The average molecular weight is 145 g/mol. The number of hydrogen-bond acceptors (Lipinski definition) is 3. The Labute approximate surface area is 59.2 Å². The summed E-state index contributed by atoms with van der Waals surface area (Å²) in [5.41, 5.74) is 0. The molecular formula is C6H11NO3. The molecule has 0 spiro atoms. The summed E-state index contributed by atoms with van der Waals surface area (Å²) in [6.07, 6.45) is -0.656. The van der Waals surface area contributed by atoms with E-state index < -0.39 is 12.1 Å². The van der Waals surface area contributed by atoms with Crippen molar-refractivity contribution in [2.75, 3.05) is 13.2 Å². The highest BCUT2D eigenvalue weighted by Gasteiger charge is 2.23. The summed E-state index contributed by atoms with van der Waals surface area (Å²) < 4.78 is 4.99. The topological polar surface area (TPSA) is 58.6 Å². The molecule has 1 aliphatic heterocycles. The van der Waals surface area contributed by atoms with Crippen molar-refractivity contribution in [1.29, 1.82) is 0 Å². The summed E-state index contributed by atoms with van der Waals surface area (Å²) in [6.45, 7) is 2.85. The van der Waals surface area contributed by atoms with Crippen LogP contribution in [-0.2, 0) is 9.53 Å². The lowest BCUT2D eigenvalue weighted by molar-refractivity contribution is -0.152. The summed E-state index contributed by atoms with van der Waals surface area (Å²) in [6, 6.07) is 0.274. The van der Waals surface area contributed by atoms with E-state index in [4.69, 9.17) is 9.84 Å². The number of hydrogen-bond donors (Lipinski definition) is 2. The molecule has 1 heterocycles. The van der Waals surface area contributed by atoms with Gasteiger partial charge >= 0.3 is 5.97 Å². The maximum atomic E-state index is 10.3. The number of ether oxygens (including phenoxy) is 1. The van der Waals surface area contributed by atoms with E-state index in [1.807, 2.05) is 6.92 Å². The molecule has 10 heavy (non-hydrogen) atoms. The molecule has 1 saturated heterocycles. The summed E-state index contributed by atoms with van der Waals surface area (Å²) in [4.78, 5) is 10.3. The van der Waals surface area contributed by atoms with E-state index in [1.54, 1.807) is 0 Å². The number of morpholine rings is 1. The largest absolute Gasteiger partial charge is 0.479 e. The Morgan fingerprint density at radius 3 is 2.90 bits per heavy atom. The van der Waals surface area contributed by atoms with Crippen LogP contribution in [0, 0.1) is 0 Å². The zero-order valence-electron chi connectivity index (χ0n) is 5.83. The molecular weight excluding hydrogens is 134 g/mol. The minimum atomic E-state index is -0.889. The second-order valence-corrected chi connectivity index (χ2v) is 2.47. The summed E-state index contributed by atoms with van der Waals surface area (Å²) in [5.74, 6) is -0.889. The van der Waals surface area contributed by atoms with E-state index in [9.17, 15) is 4.79 Å². The maximum Gasteiger partial charge on any atom is 0.334 e. The Morgan fingerprint density at radius 2 is 2.50 bits per heavy atom. The van der Waals surface area contributed by atoms with Gasteiger partial charge in [0.2, 0.25) is 0 Å². The Kier molecular flexibility index (Phi) is 2.24. The fourth-order valence-corrected chi connectivity index (χ4v) is 0.845. The molecule has 1 unspecified atom stereocenters. The molecule has 1 aliphatic rings. The van der Waals surface area contributed by atoms with Crippen molar-refractivity contribution in [3.05, 3.63) is 0 Å². The van der Waals surface area contributed by atoms with E-state index in [0.717, 1.165) is 0 Å². The minimum absolute atomic E-state index is 0.274. The lowest BCUT2D eigenvalue weighted by atomic mass is 10.2. The maximum absolute atomic E-state index is 10.3. The zero-order chi connectivity index (χ0) is 7.56. The van der Waals surface area contributed by atoms with Crippen LogP contribution in [0.25, 0.3) is 0 Å². The number of carboxylic acids is 1. The lowest BCUT2D eigenvalue weighted by Gasteiger charge is -2.25. The smallest absolute Gasteiger partial charge is 0.334 e. The molecule has 0 amide bonds. The molecule has 0 saturated carbocycles. The minimum Gasteiger partial charge on any atom is -0.479 e. The second kappa shape index (κ2) is 2.98. The fraction of sp³-hybridized carbons (Fsp3) is 0.833. The van der Waals surface area contributed by atoms with Crippen molar-refractivity contribution >= 4 is 5.97 Å².